The number of benzene rings is 1. The lowest BCUT2D eigenvalue weighted by atomic mass is 10.2. The molecular formula is C16H15BrN4O2S. The molecule has 6 nitrogen and oxygen atoms in total. The van der Waals surface area contributed by atoms with Gasteiger partial charge in [-0.3, -0.25) is 4.40 Å². The Morgan fingerprint density at radius 3 is 2.83 bits per heavy atom. The first-order chi connectivity index (χ1) is 11.6. The summed E-state index contributed by atoms with van der Waals surface area (Å²) in [6.45, 7) is 0.487. The first kappa shape index (κ1) is 15.7. The van der Waals surface area contributed by atoms with Crippen LogP contribution < -0.4 is 0 Å². The van der Waals surface area contributed by atoms with Crippen LogP contribution in [0.5, 0.6) is 0 Å². The van der Waals surface area contributed by atoms with Crippen molar-refractivity contribution in [1.29, 1.82) is 0 Å². The van der Waals surface area contributed by atoms with Crippen LogP contribution in [0.4, 0.5) is 0 Å². The van der Waals surface area contributed by atoms with Gasteiger partial charge in [0, 0.05) is 17.2 Å². The number of nitrogens with zero attached hydrogens (tertiary/aromatic N) is 4. The Bertz CT molecular complexity index is 1000. The van der Waals surface area contributed by atoms with Crippen molar-refractivity contribution in [2.75, 3.05) is 6.54 Å². The maximum absolute atomic E-state index is 13.1. The molecule has 1 aromatic carbocycles. The first-order valence-electron chi connectivity index (χ1n) is 7.64. The Labute approximate surface area is 148 Å². The SMILES string of the molecule is O=S(=O)(c1cccc(Br)c1)N1CCCC1c1nnc2ccccn12. The van der Waals surface area contributed by atoms with Crippen molar-refractivity contribution in [2.45, 2.75) is 23.8 Å². The fourth-order valence-electron chi connectivity index (χ4n) is 3.14. The third kappa shape index (κ3) is 2.54. The van der Waals surface area contributed by atoms with Crippen LogP contribution in [0, 0.1) is 0 Å². The molecule has 2 aromatic heterocycles. The highest BCUT2D eigenvalue weighted by Gasteiger charge is 2.38. The molecule has 8 heteroatoms. The van der Waals surface area contributed by atoms with Gasteiger partial charge in [0.05, 0.1) is 10.9 Å². The summed E-state index contributed by atoms with van der Waals surface area (Å²) in [4.78, 5) is 0.289. The Morgan fingerprint density at radius 1 is 1.12 bits per heavy atom. The normalized spacial score (nSPS) is 19.1. The lowest BCUT2D eigenvalue weighted by Crippen LogP contribution is -2.31. The minimum Gasteiger partial charge on any atom is -0.285 e. The van der Waals surface area contributed by atoms with Gasteiger partial charge < -0.3 is 0 Å². The lowest BCUT2D eigenvalue weighted by Gasteiger charge is -2.23. The monoisotopic (exact) mass is 406 g/mol. The molecule has 1 atom stereocenters. The zero-order chi connectivity index (χ0) is 16.7. The first-order valence-corrected chi connectivity index (χ1v) is 9.88. The third-order valence-corrected chi connectivity index (χ3v) is 6.64. The molecule has 0 N–H and O–H groups in total. The van der Waals surface area contributed by atoms with E-state index in [1.54, 1.807) is 18.2 Å². The van der Waals surface area contributed by atoms with E-state index >= 15 is 0 Å². The molecule has 1 aliphatic rings. The molecule has 124 valence electrons. The van der Waals surface area contributed by atoms with E-state index in [0.29, 0.717) is 12.4 Å². The second-order valence-corrected chi connectivity index (χ2v) is 8.52. The van der Waals surface area contributed by atoms with Gasteiger partial charge in [-0.25, -0.2) is 8.42 Å². The molecule has 0 aliphatic carbocycles. The van der Waals surface area contributed by atoms with Crippen molar-refractivity contribution in [3.8, 4) is 0 Å². The van der Waals surface area contributed by atoms with Crippen LogP contribution in [-0.2, 0) is 10.0 Å². The summed E-state index contributed by atoms with van der Waals surface area (Å²) in [6.07, 6.45) is 3.41. The van der Waals surface area contributed by atoms with Crippen molar-refractivity contribution in [3.63, 3.8) is 0 Å². The minimum atomic E-state index is -3.58. The van der Waals surface area contributed by atoms with Crippen LogP contribution in [0.1, 0.15) is 24.7 Å². The molecule has 1 fully saturated rings. The molecule has 4 rings (SSSR count). The van der Waals surface area contributed by atoms with Crippen LogP contribution in [0.15, 0.2) is 58.0 Å². The third-order valence-electron chi connectivity index (χ3n) is 4.24. The standard InChI is InChI=1S/C16H15BrN4O2S/c17-12-5-3-6-13(11-12)24(22,23)21-10-4-7-14(21)16-19-18-15-8-1-2-9-20(15)16/h1-3,5-6,8-9,11,14H,4,7,10H2. The second kappa shape index (κ2) is 5.94. The molecule has 0 radical (unpaired) electrons. The quantitative estimate of drug-likeness (QED) is 0.670. The maximum Gasteiger partial charge on any atom is 0.243 e. The molecule has 3 heterocycles. The van der Waals surface area contributed by atoms with Gasteiger partial charge in [0.1, 0.15) is 0 Å². The summed E-state index contributed by atoms with van der Waals surface area (Å²) in [6, 6.07) is 12.1. The van der Waals surface area contributed by atoms with Crippen LogP contribution in [0.25, 0.3) is 5.65 Å². The van der Waals surface area contributed by atoms with Crippen LogP contribution in [0.3, 0.4) is 0 Å². The minimum absolute atomic E-state index is 0.289. The van der Waals surface area contributed by atoms with Gasteiger partial charge in [0.15, 0.2) is 11.5 Å². The van der Waals surface area contributed by atoms with E-state index in [1.165, 1.54) is 4.31 Å². The largest absolute Gasteiger partial charge is 0.285 e. The maximum atomic E-state index is 13.1. The predicted octanol–water partition coefficient (Wildman–Crippen LogP) is 3.02. The summed E-state index contributed by atoms with van der Waals surface area (Å²) in [5.41, 5.74) is 0.721. The highest BCUT2D eigenvalue weighted by Crippen LogP contribution is 2.36. The number of hydrogen-bond donors (Lipinski definition) is 0. The van der Waals surface area contributed by atoms with Gasteiger partial charge in [0.25, 0.3) is 0 Å². The van der Waals surface area contributed by atoms with Crippen LogP contribution in [0.2, 0.25) is 0 Å². The summed E-state index contributed by atoms with van der Waals surface area (Å²) >= 11 is 3.34. The number of aromatic nitrogens is 3. The van der Waals surface area contributed by atoms with Crippen molar-refractivity contribution >= 4 is 31.6 Å². The number of hydrogen-bond acceptors (Lipinski definition) is 4. The van der Waals surface area contributed by atoms with E-state index in [2.05, 4.69) is 26.1 Å². The number of sulfonamides is 1. The molecule has 0 amide bonds. The van der Waals surface area contributed by atoms with Gasteiger partial charge in [0.2, 0.25) is 10.0 Å². The molecule has 1 aliphatic heterocycles. The van der Waals surface area contributed by atoms with Crippen LogP contribution in [-0.4, -0.2) is 33.9 Å². The molecule has 1 saturated heterocycles. The van der Waals surface area contributed by atoms with Crippen molar-refractivity contribution in [2.24, 2.45) is 0 Å². The number of halogens is 1. The number of pyridine rings is 1. The highest BCUT2D eigenvalue weighted by molar-refractivity contribution is 9.10. The molecule has 24 heavy (non-hydrogen) atoms. The zero-order valence-electron chi connectivity index (χ0n) is 12.7. The second-order valence-electron chi connectivity index (χ2n) is 5.72. The van der Waals surface area contributed by atoms with E-state index < -0.39 is 10.0 Å². The molecular weight excluding hydrogens is 392 g/mol. The summed E-state index contributed by atoms with van der Waals surface area (Å²) in [5, 5.41) is 8.40. The molecule has 0 bridgehead atoms. The molecule has 0 saturated carbocycles. The summed E-state index contributed by atoms with van der Waals surface area (Å²) in [7, 11) is -3.58. The average Bonchev–Trinajstić information content (AvgIpc) is 3.21. The van der Waals surface area contributed by atoms with Gasteiger partial charge in [-0.15, -0.1) is 10.2 Å². The summed E-state index contributed by atoms with van der Waals surface area (Å²) in [5.74, 6) is 0.668. The fourth-order valence-corrected chi connectivity index (χ4v) is 5.39. The Morgan fingerprint density at radius 2 is 2.00 bits per heavy atom. The Balaban J connectivity index is 1.78. The molecule has 0 spiro atoms. The van der Waals surface area contributed by atoms with E-state index in [9.17, 15) is 8.42 Å². The van der Waals surface area contributed by atoms with Gasteiger partial charge in [-0.1, -0.05) is 28.1 Å². The lowest BCUT2D eigenvalue weighted by molar-refractivity contribution is 0.381. The zero-order valence-corrected chi connectivity index (χ0v) is 15.1. The number of rotatable bonds is 3. The average molecular weight is 407 g/mol. The van der Waals surface area contributed by atoms with E-state index in [-0.39, 0.29) is 10.9 Å². The van der Waals surface area contributed by atoms with Crippen molar-refractivity contribution < 1.29 is 8.42 Å². The topological polar surface area (TPSA) is 67.6 Å². The van der Waals surface area contributed by atoms with E-state index in [1.807, 2.05) is 34.9 Å². The van der Waals surface area contributed by atoms with Crippen LogP contribution >= 0.6 is 15.9 Å². The highest BCUT2D eigenvalue weighted by atomic mass is 79.9. The van der Waals surface area contributed by atoms with Gasteiger partial charge in [-0.05, 0) is 43.2 Å². The smallest absolute Gasteiger partial charge is 0.243 e. The molecule has 3 aromatic rings. The Hall–Kier alpha value is -1.77. The number of fused-ring (bicyclic) bond motifs is 1. The predicted molar refractivity (Wildman–Crippen MR) is 93.0 cm³/mol. The Kier molecular flexibility index (Phi) is 3.90. The van der Waals surface area contributed by atoms with Gasteiger partial charge in [-0.2, -0.15) is 4.31 Å². The van der Waals surface area contributed by atoms with Crippen molar-refractivity contribution in [1.82, 2.24) is 18.9 Å². The van der Waals surface area contributed by atoms with E-state index in [4.69, 9.17) is 0 Å². The van der Waals surface area contributed by atoms with E-state index in [0.717, 1.165) is 23.0 Å². The van der Waals surface area contributed by atoms with Gasteiger partial charge >= 0.3 is 0 Å². The van der Waals surface area contributed by atoms with Crippen molar-refractivity contribution in [3.05, 3.63) is 59.0 Å². The summed E-state index contributed by atoms with van der Waals surface area (Å²) < 4.78 is 30.3. The molecule has 1 unspecified atom stereocenters. The fraction of sp³-hybridized carbons (Fsp3) is 0.250.